The molecule has 0 aliphatic carbocycles. The largest absolute Gasteiger partial charge is 0.335 e. The van der Waals surface area contributed by atoms with Crippen LogP contribution >= 0.6 is 0 Å². The highest BCUT2D eigenvalue weighted by Gasteiger charge is 2.27. The van der Waals surface area contributed by atoms with Gasteiger partial charge < -0.3 is 4.90 Å². The van der Waals surface area contributed by atoms with Gasteiger partial charge in [0.15, 0.2) is 0 Å². The Labute approximate surface area is 123 Å². The summed E-state index contributed by atoms with van der Waals surface area (Å²) in [6.07, 6.45) is 7.10. The Morgan fingerprint density at radius 1 is 1.43 bits per heavy atom. The third-order valence-electron chi connectivity index (χ3n) is 3.85. The van der Waals surface area contributed by atoms with Gasteiger partial charge in [0.1, 0.15) is 18.3 Å². The number of carbonyl (C=O) groups excluding carboxylic acids is 1. The minimum atomic E-state index is -0.000727. The summed E-state index contributed by atoms with van der Waals surface area (Å²) in [6, 6.07) is 2.26. The third-order valence-corrected chi connectivity index (χ3v) is 3.85. The standard InChI is InChI=1S/C14H20N6O/c1-11(2)19-7-5-13(17-19)14(21)18-6-3-4-12(8-18)20-10-15-9-16-20/h5,7,9-12H,3-4,6,8H2,1-2H3. The molecular weight excluding hydrogens is 268 g/mol. The highest BCUT2D eigenvalue weighted by atomic mass is 16.2. The van der Waals surface area contributed by atoms with Gasteiger partial charge in [0.25, 0.3) is 5.91 Å². The van der Waals surface area contributed by atoms with Crippen LogP contribution in [0.4, 0.5) is 0 Å². The molecule has 1 atom stereocenters. The van der Waals surface area contributed by atoms with Gasteiger partial charge in [-0.05, 0) is 32.8 Å². The van der Waals surface area contributed by atoms with Crippen LogP contribution in [0.3, 0.4) is 0 Å². The highest BCUT2D eigenvalue weighted by molar-refractivity contribution is 5.92. The molecule has 0 saturated carbocycles. The maximum absolute atomic E-state index is 12.6. The van der Waals surface area contributed by atoms with Crippen LogP contribution in [0.25, 0.3) is 0 Å². The first-order chi connectivity index (χ1) is 10.1. The number of aromatic nitrogens is 5. The zero-order valence-electron chi connectivity index (χ0n) is 12.4. The van der Waals surface area contributed by atoms with E-state index in [4.69, 9.17) is 0 Å². The summed E-state index contributed by atoms with van der Waals surface area (Å²) in [5.74, 6) is -0.000727. The quantitative estimate of drug-likeness (QED) is 0.859. The van der Waals surface area contributed by atoms with Gasteiger partial charge in [0, 0.05) is 25.3 Å². The number of hydrogen-bond acceptors (Lipinski definition) is 4. The second-order valence-electron chi connectivity index (χ2n) is 5.70. The number of hydrogen-bond donors (Lipinski definition) is 0. The van der Waals surface area contributed by atoms with Crippen LogP contribution < -0.4 is 0 Å². The van der Waals surface area contributed by atoms with Crippen LogP contribution in [-0.4, -0.2) is 48.4 Å². The molecule has 1 aliphatic heterocycles. The number of rotatable bonds is 3. The molecule has 2 aromatic heterocycles. The summed E-state index contributed by atoms with van der Waals surface area (Å²) >= 11 is 0. The van der Waals surface area contributed by atoms with Gasteiger partial charge in [-0.15, -0.1) is 0 Å². The van der Waals surface area contributed by atoms with Gasteiger partial charge >= 0.3 is 0 Å². The molecule has 2 aromatic rings. The van der Waals surface area contributed by atoms with Crippen LogP contribution in [0.5, 0.6) is 0 Å². The van der Waals surface area contributed by atoms with Crippen molar-refractivity contribution in [2.24, 2.45) is 0 Å². The van der Waals surface area contributed by atoms with Gasteiger partial charge in [-0.25, -0.2) is 9.67 Å². The molecule has 1 fully saturated rings. The Balaban J connectivity index is 1.71. The molecule has 0 radical (unpaired) electrons. The molecule has 0 aromatic carbocycles. The van der Waals surface area contributed by atoms with Crippen molar-refractivity contribution < 1.29 is 4.79 Å². The fourth-order valence-electron chi connectivity index (χ4n) is 2.66. The van der Waals surface area contributed by atoms with Crippen molar-refractivity contribution in [3.63, 3.8) is 0 Å². The first-order valence-corrected chi connectivity index (χ1v) is 7.33. The first-order valence-electron chi connectivity index (χ1n) is 7.33. The Kier molecular flexibility index (Phi) is 3.72. The molecule has 3 heterocycles. The van der Waals surface area contributed by atoms with Crippen LogP contribution in [0.1, 0.15) is 49.3 Å². The van der Waals surface area contributed by atoms with E-state index >= 15 is 0 Å². The van der Waals surface area contributed by atoms with E-state index < -0.39 is 0 Å². The normalized spacial score (nSPS) is 19.2. The Hall–Kier alpha value is -2.18. The Bertz CT molecular complexity index is 603. The number of nitrogens with zero attached hydrogens (tertiary/aromatic N) is 6. The van der Waals surface area contributed by atoms with Crippen molar-refractivity contribution in [2.75, 3.05) is 13.1 Å². The van der Waals surface area contributed by atoms with Crippen molar-refractivity contribution in [1.29, 1.82) is 0 Å². The van der Waals surface area contributed by atoms with Gasteiger partial charge in [-0.3, -0.25) is 9.48 Å². The molecule has 1 unspecified atom stereocenters. The van der Waals surface area contributed by atoms with Crippen molar-refractivity contribution in [2.45, 2.75) is 38.8 Å². The molecule has 0 bridgehead atoms. The van der Waals surface area contributed by atoms with E-state index in [9.17, 15) is 4.79 Å². The lowest BCUT2D eigenvalue weighted by atomic mass is 10.1. The lowest BCUT2D eigenvalue weighted by Gasteiger charge is -2.32. The summed E-state index contributed by atoms with van der Waals surface area (Å²) in [4.78, 5) is 18.4. The molecule has 1 aliphatic rings. The van der Waals surface area contributed by atoms with Crippen molar-refractivity contribution in [3.8, 4) is 0 Å². The number of piperidine rings is 1. The molecule has 7 heteroatoms. The summed E-state index contributed by atoms with van der Waals surface area (Å²) in [5, 5.41) is 8.54. The summed E-state index contributed by atoms with van der Waals surface area (Å²) in [6.45, 7) is 5.53. The van der Waals surface area contributed by atoms with E-state index in [1.165, 1.54) is 6.33 Å². The maximum Gasteiger partial charge on any atom is 0.274 e. The molecule has 0 spiro atoms. The van der Waals surface area contributed by atoms with Crippen LogP contribution in [-0.2, 0) is 0 Å². The van der Waals surface area contributed by atoms with Crippen molar-refractivity contribution in [1.82, 2.24) is 29.4 Å². The Morgan fingerprint density at radius 3 is 2.95 bits per heavy atom. The molecule has 112 valence electrons. The second-order valence-corrected chi connectivity index (χ2v) is 5.70. The lowest BCUT2D eigenvalue weighted by molar-refractivity contribution is 0.0665. The fourth-order valence-corrected chi connectivity index (χ4v) is 2.66. The van der Waals surface area contributed by atoms with E-state index in [0.717, 1.165) is 19.4 Å². The topological polar surface area (TPSA) is 68.8 Å². The van der Waals surface area contributed by atoms with E-state index in [1.807, 2.05) is 34.3 Å². The van der Waals surface area contributed by atoms with E-state index in [1.54, 1.807) is 12.4 Å². The average Bonchev–Trinajstić information content (AvgIpc) is 3.18. The molecule has 3 rings (SSSR count). The molecule has 0 N–H and O–H groups in total. The second kappa shape index (κ2) is 5.67. The number of carbonyl (C=O) groups is 1. The van der Waals surface area contributed by atoms with E-state index in [-0.39, 0.29) is 18.0 Å². The molecule has 1 saturated heterocycles. The maximum atomic E-state index is 12.6. The van der Waals surface area contributed by atoms with Gasteiger partial charge in [-0.1, -0.05) is 0 Å². The molecule has 21 heavy (non-hydrogen) atoms. The van der Waals surface area contributed by atoms with Crippen molar-refractivity contribution in [3.05, 3.63) is 30.6 Å². The van der Waals surface area contributed by atoms with Crippen LogP contribution in [0, 0.1) is 0 Å². The van der Waals surface area contributed by atoms with Gasteiger partial charge in [0.05, 0.1) is 6.04 Å². The van der Waals surface area contributed by atoms with Gasteiger partial charge in [-0.2, -0.15) is 10.2 Å². The zero-order chi connectivity index (χ0) is 14.8. The SMILES string of the molecule is CC(C)n1ccc(C(=O)N2CCCC(n3cncn3)C2)n1. The van der Waals surface area contributed by atoms with Crippen LogP contribution in [0.15, 0.2) is 24.9 Å². The summed E-state index contributed by atoms with van der Waals surface area (Å²) in [5.41, 5.74) is 0.517. The smallest absolute Gasteiger partial charge is 0.274 e. The third kappa shape index (κ3) is 2.81. The zero-order valence-corrected chi connectivity index (χ0v) is 12.4. The predicted molar refractivity (Wildman–Crippen MR) is 76.8 cm³/mol. The van der Waals surface area contributed by atoms with Gasteiger partial charge in [0.2, 0.25) is 0 Å². The van der Waals surface area contributed by atoms with Crippen molar-refractivity contribution >= 4 is 5.91 Å². The first kappa shape index (κ1) is 13.8. The van der Waals surface area contributed by atoms with E-state index in [2.05, 4.69) is 15.2 Å². The average molecular weight is 288 g/mol. The monoisotopic (exact) mass is 288 g/mol. The van der Waals surface area contributed by atoms with Crippen LogP contribution in [0.2, 0.25) is 0 Å². The number of likely N-dealkylation sites (tertiary alicyclic amines) is 1. The predicted octanol–water partition coefficient (Wildman–Crippen LogP) is 1.53. The molecule has 7 nitrogen and oxygen atoms in total. The Morgan fingerprint density at radius 2 is 2.29 bits per heavy atom. The molecule has 1 amide bonds. The fraction of sp³-hybridized carbons (Fsp3) is 0.571. The summed E-state index contributed by atoms with van der Waals surface area (Å²) in [7, 11) is 0. The highest BCUT2D eigenvalue weighted by Crippen LogP contribution is 2.21. The minimum Gasteiger partial charge on any atom is -0.335 e. The number of amides is 1. The molecular formula is C14H20N6O. The lowest BCUT2D eigenvalue weighted by Crippen LogP contribution is -2.41. The summed E-state index contributed by atoms with van der Waals surface area (Å²) < 4.78 is 3.65. The van der Waals surface area contributed by atoms with E-state index in [0.29, 0.717) is 12.2 Å². The minimum absolute atomic E-state index is 0.000727.